The molecule has 1 amide bonds. The number of benzene rings is 3. The van der Waals surface area contributed by atoms with Gasteiger partial charge in [0.05, 0.1) is 12.9 Å². The first kappa shape index (κ1) is 21.4. The number of anilines is 1. The molecule has 0 fully saturated rings. The second-order valence-corrected chi connectivity index (χ2v) is 7.57. The second-order valence-electron chi connectivity index (χ2n) is 7.57. The summed E-state index contributed by atoms with van der Waals surface area (Å²) < 4.78 is 25.0. The smallest absolute Gasteiger partial charge is 0.248 e. The predicted molar refractivity (Wildman–Crippen MR) is 126 cm³/mol. The molecular weight excluding hydrogens is 405 g/mol. The summed E-state index contributed by atoms with van der Waals surface area (Å²) in [6, 6.07) is 17.7. The van der Waals surface area contributed by atoms with Gasteiger partial charge in [0.2, 0.25) is 5.91 Å². The van der Waals surface area contributed by atoms with Crippen LogP contribution in [0.2, 0.25) is 0 Å². The minimum Gasteiger partial charge on any atom is -0.493 e. The maximum Gasteiger partial charge on any atom is 0.248 e. The summed E-state index contributed by atoms with van der Waals surface area (Å²) in [6.07, 6.45) is 3.22. The molecule has 1 aromatic heterocycles. The van der Waals surface area contributed by atoms with Crippen molar-refractivity contribution in [3.8, 4) is 16.9 Å². The van der Waals surface area contributed by atoms with Crippen LogP contribution in [0.4, 0.5) is 10.1 Å². The molecule has 0 aliphatic carbocycles. The Morgan fingerprint density at radius 3 is 2.59 bits per heavy atom. The number of nitrogens with one attached hydrogen (secondary N) is 1. The molecule has 0 spiro atoms. The number of rotatable bonds is 6. The topological polar surface area (TPSA) is 51.5 Å². The van der Waals surface area contributed by atoms with E-state index in [9.17, 15) is 9.18 Å². The van der Waals surface area contributed by atoms with E-state index in [-0.39, 0.29) is 11.7 Å². The average molecular weight is 429 g/mol. The van der Waals surface area contributed by atoms with Gasteiger partial charge in [0.25, 0.3) is 0 Å². The van der Waals surface area contributed by atoms with Gasteiger partial charge in [-0.2, -0.15) is 0 Å². The first-order valence-corrected chi connectivity index (χ1v) is 10.5. The van der Waals surface area contributed by atoms with Crippen molar-refractivity contribution >= 4 is 28.1 Å². The van der Waals surface area contributed by atoms with Gasteiger partial charge in [-0.25, -0.2) is 4.39 Å². The summed E-state index contributed by atoms with van der Waals surface area (Å²) in [5.41, 5.74) is 5.67. The molecule has 0 unspecified atom stereocenters. The van der Waals surface area contributed by atoms with E-state index in [0.29, 0.717) is 17.9 Å². The lowest BCUT2D eigenvalue weighted by Crippen LogP contribution is -2.09. The summed E-state index contributed by atoms with van der Waals surface area (Å²) in [4.78, 5) is 12.7. The number of amides is 1. The van der Waals surface area contributed by atoms with Gasteiger partial charge in [-0.1, -0.05) is 30.3 Å². The lowest BCUT2D eigenvalue weighted by molar-refractivity contribution is -0.111. The number of carbonyl (C=O) groups excluding carboxylic acids is 1. The lowest BCUT2D eigenvalue weighted by atomic mass is 9.99. The lowest BCUT2D eigenvalue weighted by Gasteiger charge is -2.12. The molecule has 0 bridgehead atoms. The van der Waals surface area contributed by atoms with Crippen LogP contribution in [0.5, 0.6) is 5.75 Å². The zero-order chi connectivity index (χ0) is 22.7. The minimum atomic E-state index is -0.292. The van der Waals surface area contributed by atoms with Crippen LogP contribution in [0.25, 0.3) is 27.7 Å². The average Bonchev–Trinajstić information content (AvgIpc) is 3.18. The molecule has 5 heteroatoms. The van der Waals surface area contributed by atoms with E-state index >= 15 is 0 Å². The Balaban J connectivity index is 1.73. The van der Waals surface area contributed by atoms with Gasteiger partial charge in [0.1, 0.15) is 17.1 Å². The first-order valence-electron chi connectivity index (χ1n) is 10.5. The van der Waals surface area contributed by atoms with Crippen LogP contribution < -0.4 is 10.1 Å². The normalized spacial score (nSPS) is 11.6. The number of aryl methyl sites for hydroxylation is 1. The van der Waals surface area contributed by atoms with E-state index in [1.54, 1.807) is 24.5 Å². The van der Waals surface area contributed by atoms with Crippen molar-refractivity contribution in [2.24, 2.45) is 0 Å². The number of allylic oxidation sites excluding steroid dienone is 1. The molecule has 32 heavy (non-hydrogen) atoms. The highest BCUT2D eigenvalue weighted by molar-refractivity contribution is 6.05. The van der Waals surface area contributed by atoms with E-state index in [0.717, 1.165) is 38.9 Å². The maximum absolute atomic E-state index is 13.4. The standard InChI is InChI=1S/C27H24FNO3/c1-4-31-25-15-26-22(23(16-32-26)19-9-11-20(28)12-10-19)14-21(25)18(3)13-27(30)29-24-8-6-5-7-17(24)2/h5-16H,4H2,1-3H3,(H,29,30)/b18-13+. The number of carbonyl (C=O) groups is 1. The molecule has 0 saturated heterocycles. The molecule has 3 aromatic carbocycles. The van der Waals surface area contributed by atoms with Crippen molar-refractivity contribution in [1.29, 1.82) is 0 Å². The fraction of sp³-hybridized carbons (Fsp3) is 0.148. The van der Waals surface area contributed by atoms with Gasteiger partial charge in [-0.05, 0) is 61.7 Å². The van der Waals surface area contributed by atoms with E-state index < -0.39 is 0 Å². The number of para-hydroxylation sites is 1. The largest absolute Gasteiger partial charge is 0.493 e. The van der Waals surface area contributed by atoms with Crippen LogP contribution in [0.15, 0.2) is 77.4 Å². The van der Waals surface area contributed by atoms with Crippen molar-refractivity contribution in [1.82, 2.24) is 0 Å². The summed E-state index contributed by atoms with van der Waals surface area (Å²) in [5.74, 6) is 0.127. The second kappa shape index (κ2) is 9.10. The van der Waals surface area contributed by atoms with Crippen molar-refractivity contribution < 1.29 is 18.3 Å². The van der Waals surface area contributed by atoms with Gasteiger partial charge in [0.15, 0.2) is 0 Å². The maximum atomic E-state index is 13.4. The molecule has 162 valence electrons. The predicted octanol–water partition coefficient (Wildman–Crippen LogP) is 6.99. The highest BCUT2D eigenvalue weighted by Gasteiger charge is 2.15. The summed E-state index contributed by atoms with van der Waals surface area (Å²) >= 11 is 0. The van der Waals surface area contributed by atoms with Crippen LogP contribution in [-0.4, -0.2) is 12.5 Å². The molecule has 4 nitrogen and oxygen atoms in total. The Morgan fingerprint density at radius 1 is 1.12 bits per heavy atom. The Kier molecular flexibility index (Phi) is 6.08. The Bertz CT molecular complexity index is 1300. The molecule has 1 N–H and O–H groups in total. The fourth-order valence-electron chi connectivity index (χ4n) is 3.65. The minimum absolute atomic E-state index is 0.217. The van der Waals surface area contributed by atoms with Crippen molar-refractivity contribution in [3.05, 3.63) is 89.9 Å². The number of hydrogen-bond acceptors (Lipinski definition) is 3. The summed E-state index contributed by atoms with van der Waals surface area (Å²) in [6.45, 7) is 6.21. The third-order valence-electron chi connectivity index (χ3n) is 5.31. The van der Waals surface area contributed by atoms with E-state index in [4.69, 9.17) is 9.15 Å². The fourth-order valence-corrected chi connectivity index (χ4v) is 3.65. The van der Waals surface area contributed by atoms with Gasteiger partial charge in [-0.15, -0.1) is 0 Å². The molecule has 0 aliphatic heterocycles. The molecular formula is C27H24FNO3. The van der Waals surface area contributed by atoms with E-state index in [2.05, 4.69) is 5.32 Å². The Morgan fingerprint density at radius 2 is 1.88 bits per heavy atom. The van der Waals surface area contributed by atoms with Crippen LogP contribution in [0.1, 0.15) is 25.0 Å². The van der Waals surface area contributed by atoms with Crippen LogP contribution in [-0.2, 0) is 4.79 Å². The number of fused-ring (bicyclic) bond motifs is 1. The number of hydrogen-bond donors (Lipinski definition) is 1. The number of ether oxygens (including phenoxy) is 1. The van der Waals surface area contributed by atoms with Crippen LogP contribution >= 0.6 is 0 Å². The SMILES string of the molecule is CCOc1cc2occ(-c3ccc(F)cc3)c2cc1/C(C)=C/C(=O)Nc1ccccc1C. The van der Waals surface area contributed by atoms with Crippen LogP contribution in [0.3, 0.4) is 0 Å². The third kappa shape index (κ3) is 4.42. The van der Waals surface area contributed by atoms with E-state index in [1.165, 1.54) is 12.1 Å². The van der Waals surface area contributed by atoms with E-state index in [1.807, 2.05) is 57.2 Å². The Labute approximate surface area is 186 Å². The molecule has 0 aliphatic rings. The molecule has 0 atom stereocenters. The first-order chi connectivity index (χ1) is 15.5. The molecule has 4 aromatic rings. The van der Waals surface area contributed by atoms with Crippen LogP contribution in [0, 0.1) is 12.7 Å². The van der Waals surface area contributed by atoms with Gasteiger partial charge in [-0.3, -0.25) is 4.79 Å². The van der Waals surface area contributed by atoms with Crippen molar-refractivity contribution in [2.75, 3.05) is 11.9 Å². The monoisotopic (exact) mass is 429 g/mol. The summed E-state index contributed by atoms with van der Waals surface area (Å²) in [7, 11) is 0. The zero-order valence-corrected chi connectivity index (χ0v) is 18.2. The summed E-state index contributed by atoms with van der Waals surface area (Å²) in [5, 5.41) is 3.79. The number of furan rings is 1. The van der Waals surface area contributed by atoms with Gasteiger partial charge < -0.3 is 14.5 Å². The van der Waals surface area contributed by atoms with Gasteiger partial charge >= 0.3 is 0 Å². The quantitative estimate of drug-likeness (QED) is 0.336. The Hall–Kier alpha value is -3.86. The molecule has 1 heterocycles. The zero-order valence-electron chi connectivity index (χ0n) is 18.2. The number of halogens is 1. The molecule has 0 saturated carbocycles. The van der Waals surface area contributed by atoms with Crippen molar-refractivity contribution in [2.45, 2.75) is 20.8 Å². The highest BCUT2D eigenvalue weighted by atomic mass is 19.1. The highest BCUT2D eigenvalue weighted by Crippen LogP contribution is 2.37. The molecule has 4 rings (SSSR count). The third-order valence-corrected chi connectivity index (χ3v) is 5.31. The molecule has 0 radical (unpaired) electrons. The van der Waals surface area contributed by atoms with Gasteiger partial charge in [0, 0.05) is 34.3 Å². The van der Waals surface area contributed by atoms with Crippen molar-refractivity contribution in [3.63, 3.8) is 0 Å².